The van der Waals surface area contributed by atoms with Crippen molar-refractivity contribution in [3.05, 3.63) is 89.2 Å². The monoisotopic (exact) mass is 561 g/mol. The largest absolute Gasteiger partial charge is 0.497 e. The number of methoxy groups -OCH3 is 1. The molecule has 0 heterocycles. The molecular weight excluding hydrogens is 533 g/mol. The lowest BCUT2D eigenvalue weighted by atomic mass is 10.1. The molecule has 0 bridgehead atoms. The van der Waals surface area contributed by atoms with Gasteiger partial charge in [-0.15, -0.1) is 0 Å². The number of halogens is 2. The molecule has 8 nitrogen and oxygen atoms in total. The lowest BCUT2D eigenvalue weighted by molar-refractivity contribution is -0.139. The number of ether oxygens (including phenoxy) is 1. The van der Waals surface area contributed by atoms with Crippen LogP contribution in [0.2, 0.25) is 5.02 Å². The topological polar surface area (TPSA) is 96.0 Å². The third kappa shape index (κ3) is 6.81. The van der Waals surface area contributed by atoms with Crippen LogP contribution in [0, 0.1) is 5.82 Å². The molecule has 1 atom stereocenters. The fourth-order valence-corrected chi connectivity index (χ4v) is 5.34. The number of hydrogen-bond acceptors (Lipinski definition) is 5. The van der Waals surface area contributed by atoms with Gasteiger partial charge in [0.25, 0.3) is 10.0 Å². The highest BCUT2D eigenvalue weighted by molar-refractivity contribution is 7.92. The van der Waals surface area contributed by atoms with Crippen LogP contribution in [0.1, 0.15) is 19.4 Å². The average Bonchev–Trinajstić information content (AvgIpc) is 2.90. The molecule has 0 saturated carbocycles. The van der Waals surface area contributed by atoms with Crippen molar-refractivity contribution in [2.45, 2.75) is 31.3 Å². The molecule has 0 saturated heterocycles. The van der Waals surface area contributed by atoms with Crippen LogP contribution in [0.4, 0.5) is 10.1 Å². The van der Waals surface area contributed by atoms with Gasteiger partial charge in [0, 0.05) is 23.7 Å². The van der Waals surface area contributed by atoms with Gasteiger partial charge in [-0.2, -0.15) is 0 Å². The minimum atomic E-state index is -4.26. The van der Waals surface area contributed by atoms with Crippen molar-refractivity contribution in [3.63, 3.8) is 0 Å². The van der Waals surface area contributed by atoms with Crippen LogP contribution in [-0.2, 0) is 26.2 Å². The molecule has 3 rings (SSSR count). The van der Waals surface area contributed by atoms with Gasteiger partial charge in [0.1, 0.15) is 24.2 Å². The van der Waals surface area contributed by atoms with Gasteiger partial charge in [0.2, 0.25) is 11.8 Å². The Kier molecular flexibility index (Phi) is 9.71. The first kappa shape index (κ1) is 28.9. The summed E-state index contributed by atoms with van der Waals surface area (Å²) in [5, 5.41) is 2.92. The van der Waals surface area contributed by atoms with E-state index in [0.717, 1.165) is 9.21 Å². The smallest absolute Gasteiger partial charge is 0.264 e. The van der Waals surface area contributed by atoms with Gasteiger partial charge >= 0.3 is 0 Å². The summed E-state index contributed by atoms with van der Waals surface area (Å²) in [6.45, 7) is 2.66. The molecule has 0 aliphatic heterocycles. The number of carbonyl (C=O) groups excluding carboxylic acids is 2. The third-order valence-corrected chi connectivity index (χ3v) is 7.86. The van der Waals surface area contributed by atoms with Crippen LogP contribution in [0.5, 0.6) is 5.75 Å². The summed E-state index contributed by atoms with van der Waals surface area (Å²) in [5.41, 5.74) is 0.336. The van der Waals surface area contributed by atoms with Crippen LogP contribution in [-0.4, -0.2) is 51.4 Å². The van der Waals surface area contributed by atoms with Crippen LogP contribution >= 0.6 is 11.6 Å². The zero-order valence-corrected chi connectivity index (χ0v) is 22.8. The average molecular weight is 562 g/mol. The molecule has 3 aromatic carbocycles. The highest BCUT2D eigenvalue weighted by Crippen LogP contribution is 2.28. The second kappa shape index (κ2) is 12.7. The lowest BCUT2D eigenvalue weighted by Gasteiger charge is -2.32. The molecule has 0 aliphatic carbocycles. The predicted octanol–water partition coefficient (Wildman–Crippen LogP) is 4.24. The summed E-state index contributed by atoms with van der Waals surface area (Å²) in [5.74, 6) is -1.25. The Balaban J connectivity index is 2.04. The molecule has 0 aliphatic rings. The van der Waals surface area contributed by atoms with Gasteiger partial charge in [-0.3, -0.25) is 13.9 Å². The van der Waals surface area contributed by atoms with Crippen LogP contribution < -0.4 is 14.4 Å². The number of carbonyl (C=O) groups is 2. The van der Waals surface area contributed by atoms with E-state index in [9.17, 15) is 22.4 Å². The first-order valence-corrected chi connectivity index (χ1v) is 13.6. The zero-order valence-electron chi connectivity index (χ0n) is 21.2. The number of benzene rings is 3. The molecule has 0 radical (unpaired) electrons. The molecule has 3 aromatic rings. The van der Waals surface area contributed by atoms with Gasteiger partial charge in [-0.25, -0.2) is 12.8 Å². The fraction of sp³-hybridized carbons (Fsp3) is 0.259. The van der Waals surface area contributed by atoms with Crippen LogP contribution in [0.25, 0.3) is 0 Å². The summed E-state index contributed by atoms with van der Waals surface area (Å²) in [4.78, 5) is 27.5. The molecule has 2 amide bonds. The van der Waals surface area contributed by atoms with Crippen molar-refractivity contribution in [3.8, 4) is 5.75 Å². The van der Waals surface area contributed by atoms with E-state index in [4.69, 9.17) is 16.3 Å². The molecule has 0 spiro atoms. The van der Waals surface area contributed by atoms with Crippen LogP contribution in [0.15, 0.2) is 77.7 Å². The quantitative estimate of drug-likeness (QED) is 0.378. The number of sulfonamides is 1. The molecule has 0 fully saturated rings. The van der Waals surface area contributed by atoms with Gasteiger partial charge in [0.15, 0.2) is 0 Å². The zero-order chi connectivity index (χ0) is 27.9. The number of amides is 2. The number of hydrogen-bond donors (Lipinski definition) is 1. The lowest BCUT2D eigenvalue weighted by Crippen LogP contribution is -2.51. The summed E-state index contributed by atoms with van der Waals surface area (Å²) in [7, 11) is -2.81. The third-order valence-electron chi connectivity index (χ3n) is 5.84. The van der Waals surface area contributed by atoms with Gasteiger partial charge in [0.05, 0.1) is 17.7 Å². The van der Waals surface area contributed by atoms with E-state index < -0.39 is 40.2 Å². The Morgan fingerprint density at radius 2 is 1.74 bits per heavy atom. The molecule has 202 valence electrons. The van der Waals surface area contributed by atoms with E-state index >= 15 is 0 Å². The molecule has 38 heavy (non-hydrogen) atoms. The Hall–Kier alpha value is -3.63. The Morgan fingerprint density at radius 1 is 1.05 bits per heavy atom. The van der Waals surface area contributed by atoms with Gasteiger partial charge < -0.3 is 15.0 Å². The predicted molar refractivity (Wildman–Crippen MR) is 144 cm³/mol. The Morgan fingerprint density at radius 3 is 2.34 bits per heavy atom. The van der Waals surface area contributed by atoms with Gasteiger partial charge in [-0.05, 0) is 62.4 Å². The maximum absolute atomic E-state index is 14.5. The Labute approximate surface area is 227 Å². The first-order valence-electron chi connectivity index (χ1n) is 11.8. The van der Waals surface area contributed by atoms with Crippen molar-refractivity contribution in [2.75, 3.05) is 24.5 Å². The highest BCUT2D eigenvalue weighted by Gasteiger charge is 2.33. The summed E-state index contributed by atoms with van der Waals surface area (Å²) in [6.07, 6.45) is 0. The van der Waals surface area contributed by atoms with Crippen molar-refractivity contribution < 1.29 is 27.1 Å². The second-order valence-corrected chi connectivity index (χ2v) is 10.6. The maximum atomic E-state index is 14.5. The minimum absolute atomic E-state index is 0.0801. The standard InChI is InChI=1S/C27H29ClFN3O5S/c1-4-30-27(34)19(2)31(17-20-8-5-6-11-25(20)29)26(33)18-32(22-10-7-9-21(28)16-22)38(35,36)24-14-12-23(37-3)13-15-24/h5-16,19H,4,17-18H2,1-3H3,(H,30,34). The van der Waals surface area contributed by atoms with E-state index in [1.54, 1.807) is 25.1 Å². The number of rotatable bonds is 11. The van der Waals surface area contributed by atoms with E-state index in [0.29, 0.717) is 12.3 Å². The van der Waals surface area contributed by atoms with Crippen molar-refractivity contribution in [1.29, 1.82) is 0 Å². The molecule has 1 N–H and O–H groups in total. The summed E-state index contributed by atoms with van der Waals surface area (Å²) in [6, 6.07) is 16.7. The second-order valence-electron chi connectivity index (χ2n) is 8.35. The van der Waals surface area contributed by atoms with Crippen LogP contribution in [0.3, 0.4) is 0 Å². The number of anilines is 1. The van der Waals surface area contributed by atoms with E-state index in [1.807, 2.05) is 0 Å². The number of nitrogens with zero attached hydrogens (tertiary/aromatic N) is 2. The van der Waals surface area contributed by atoms with E-state index in [2.05, 4.69) is 5.32 Å². The summed E-state index contributed by atoms with van der Waals surface area (Å²) >= 11 is 6.15. The van der Waals surface area contributed by atoms with Gasteiger partial charge in [-0.1, -0.05) is 35.9 Å². The van der Waals surface area contributed by atoms with Crippen molar-refractivity contribution in [1.82, 2.24) is 10.2 Å². The summed E-state index contributed by atoms with van der Waals surface area (Å²) < 4.78 is 48.0. The number of likely N-dealkylation sites (N-methyl/N-ethyl adjacent to an activating group) is 1. The minimum Gasteiger partial charge on any atom is -0.497 e. The Bertz CT molecular complexity index is 1390. The van der Waals surface area contributed by atoms with E-state index in [1.165, 1.54) is 68.6 Å². The van der Waals surface area contributed by atoms with E-state index in [-0.39, 0.29) is 27.7 Å². The molecular formula is C27H29ClFN3O5S. The fourth-order valence-electron chi connectivity index (χ4n) is 3.75. The highest BCUT2D eigenvalue weighted by atomic mass is 35.5. The molecule has 11 heteroatoms. The normalized spacial score (nSPS) is 11.9. The molecule has 1 unspecified atom stereocenters. The van der Waals surface area contributed by atoms with Crippen molar-refractivity contribution >= 4 is 39.1 Å². The molecule has 0 aromatic heterocycles. The SMILES string of the molecule is CCNC(=O)C(C)N(Cc1ccccc1F)C(=O)CN(c1cccc(Cl)c1)S(=O)(=O)c1ccc(OC)cc1. The first-order chi connectivity index (χ1) is 18.1. The van der Waals surface area contributed by atoms with Crippen molar-refractivity contribution in [2.24, 2.45) is 0 Å². The number of nitrogens with one attached hydrogen (secondary N) is 1. The maximum Gasteiger partial charge on any atom is 0.264 e.